The minimum absolute atomic E-state index is 0.0434. The van der Waals surface area contributed by atoms with Crippen LogP contribution in [0.3, 0.4) is 0 Å². The number of hydrogen-bond acceptors (Lipinski definition) is 11. The van der Waals surface area contributed by atoms with Gasteiger partial charge in [-0.15, -0.1) is 0 Å². The fraction of sp³-hybridized carbons (Fsp3) is 0.364. The molecule has 0 bridgehead atoms. The molecule has 3 amide bonds. The number of carboxylic acid groups (broad SMARTS) is 1. The minimum atomic E-state index is -1.27. The standard InChI is InChI=1S/C18H24FN3O6.C15H12N6/c19-13(11-20)12-28-9-6-21(18(25)26)5-8-27-10-7-22-16(23)14-3-1-2-4-15(14)17(22)24;16-7-10-5-11-9-19-21(15(11)18-8-10)14-6-13(3-4-17-14)20-12-1-2-12/h1-4,13H,5-12,20H2,(H,25,26);3-6,8-9,12H,1-2H2,(H,17,20). The lowest BCUT2D eigenvalue weighted by Gasteiger charge is -2.20. The Morgan fingerprint density at radius 1 is 1.08 bits per heavy atom. The maximum absolute atomic E-state index is 12.9. The van der Waals surface area contributed by atoms with Gasteiger partial charge in [0.2, 0.25) is 0 Å². The molecule has 1 aromatic carbocycles. The summed E-state index contributed by atoms with van der Waals surface area (Å²) in [6, 6.07) is 14.9. The normalized spacial score (nSPS) is 14.2. The monoisotopic (exact) mass is 673 g/mol. The van der Waals surface area contributed by atoms with E-state index in [0.29, 0.717) is 34.2 Å². The van der Waals surface area contributed by atoms with E-state index in [9.17, 15) is 18.8 Å². The van der Waals surface area contributed by atoms with Gasteiger partial charge < -0.3 is 30.5 Å². The summed E-state index contributed by atoms with van der Waals surface area (Å²) >= 11 is 0. The lowest BCUT2D eigenvalue weighted by atomic mass is 10.1. The molecule has 0 saturated heterocycles. The summed E-state index contributed by atoms with van der Waals surface area (Å²) in [6.07, 6.45) is 5.03. The number of pyridine rings is 2. The van der Waals surface area contributed by atoms with E-state index < -0.39 is 12.3 Å². The number of nitriles is 1. The molecule has 0 radical (unpaired) electrons. The Labute approximate surface area is 281 Å². The number of nitrogens with zero attached hydrogens (tertiary/aromatic N) is 7. The smallest absolute Gasteiger partial charge is 0.407 e. The van der Waals surface area contributed by atoms with Crippen molar-refractivity contribution in [2.45, 2.75) is 25.1 Å². The SMILES string of the molecule is N#Cc1cnc2c(cnn2-c2cc(NC3CC3)ccn2)c1.NCC(F)COCCN(CCOCCN1C(=O)c2ccccc2C1=O)C(=O)O. The van der Waals surface area contributed by atoms with E-state index in [0.717, 1.165) is 20.9 Å². The van der Waals surface area contributed by atoms with Gasteiger partial charge in [0.25, 0.3) is 11.8 Å². The molecule has 1 saturated carbocycles. The summed E-state index contributed by atoms with van der Waals surface area (Å²) in [7, 11) is 0. The second-order valence-electron chi connectivity index (χ2n) is 11.2. The summed E-state index contributed by atoms with van der Waals surface area (Å²) < 4.78 is 25.0. The molecule has 4 heterocycles. The van der Waals surface area contributed by atoms with Gasteiger partial charge in [-0.1, -0.05) is 12.1 Å². The number of rotatable bonds is 15. The Morgan fingerprint density at radius 2 is 1.80 bits per heavy atom. The van der Waals surface area contributed by atoms with Gasteiger partial charge in [-0.2, -0.15) is 15.0 Å². The predicted octanol–water partition coefficient (Wildman–Crippen LogP) is 2.85. The van der Waals surface area contributed by atoms with Crippen LogP contribution in [0.5, 0.6) is 0 Å². The zero-order chi connectivity index (χ0) is 34.8. The average Bonchev–Trinajstić information content (AvgIpc) is 3.78. The van der Waals surface area contributed by atoms with Gasteiger partial charge in [-0.05, 0) is 37.1 Å². The van der Waals surface area contributed by atoms with Crippen molar-refractivity contribution >= 4 is 34.6 Å². The van der Waals surface area contributed by atoms with Gasteiger partial charge in [-0.25, -0.2) is 19.2 Å². The Kier molecular flexibility index (Phi) is 11.8. The van der Waals surface area contributed by atoms with Crippen molar-refractivity contribution in [1.82, 2.24) is 29.5 Å². The number of amides is 3. The van der Waals surface area contributed by atoms with Crippen LogP contribution in [0.4, 0.5) is 14.9 Å². The van der Waals surface area contributed by atoms with Crippen molar-refractivity contribution in [3.63, 3.8) is 0 Å². The highest BCUT2D eigenvalue weighted by Gasteiger charge is 2.34. The van der Waals surface area contributed by atoms with Crippen molar-refractivity contribution in [3.05, 3.63) is 77.7 Å². The van der Waals surface area contributed by atoms with E-state index in [2.05, 4.69) is 26.5 Å². The molecule has 4 N–H and O–H groups in total. The Balaban J connectivity index is 0.000000198. The summed E-state index contributed by atoms with van der Waals surface area (Å²) in [6.45, 7) is 0.121. The van der Waals surface area contributed by atoms with E-state index in [1.165, 1.54) is 12.8 Å². The molecule has 49 heavy (non-hydrogen) atoms. The molecule has 1 aliphatic heterocycles. The molecule has 1 atom stereocenters. The highest BCUT2D eigenvalue weighted by Crippen LogP contribution is 2.26. The second kappa shape index (κ2) is 16.6. The van der Waals surface area contributed by atoms with E-state index >= 15 is 0 Å². The first-order valence-electron chi connectivity index (χ1n) is 15.7. The number of alkyl halides is 1. The van der Waals surface area contributed by atoms with Crippen LogP contribution in [0.1, 0.15) is 39.1 Å². The number of aromatic nitrogens is 4. The van der Waals surface area contributed by atoms with Gasteiger partial charge in [0.1, 0.15) is 12.2 Å². The minimum Gasteiger partial charge on any atom is -0.465 e. The van der Waals surface area contributed by atoms with E-state index in [-0.39, 0.29) is 64.4 Å². The Morgan fingerprint density at radius 3 is 2.45 bits per heavy atom. The van der Waals surface area contributed by atoms with Crippen LogP contribution in [0.2, 0.25) is 0 Å². The maximum atomic E-state index is 12.9. The molecule has 4 aromatic rings. The summed E-state index contributed by atoms with van der Waals surface area (Å²) in [5, 5.41) is 26.7. The molecule has 2 aliphatic rings. The predicted molar refractivity (Wildman–Crippen MR) is 175 cm³/mol. The van der Waals surface area contributed by atoms with Gasteiger partial charge in [0.15, 0.2) is 11.5 Å². The van der Waals surface area contributed by atoms with Gasteiger partial charge in [-0.3, -0.25) is 14.5 Å². The van der Waals surface area contributed by atoms with Gasteiger partial charge >= 0.3 is 6.09 Å². The van der Waals surface area contributed by atoms with Crippen LogP contribution >= 0.6 is 0 Å². The van der Waals surface area contributed by atoms with Crippen molar-refractivity contribution in [2.24, 2.45) is 5.73 Å². The van der Waals surface area contributed by atoms with Crippen LogP contribution in [-0.2, 0) is 9.47 Å². The number of halogens is 1. The molecule has 3 aromatic heterocycles. The lowest BCUT2D eigenvalue weighted by molar-refractivity contribution is 0.0456. The van der Waals surface area contributed by atoms with E-state index in [1.54, 1.807) is 53.6 Å². The summed E-state index contributed by atoms with van der Waals surface area (Å²) in [5.74, 6) is -0.0119. The zero-order valence-electron chi connectivity index (χ0n) is 26.6. The zero-order valence-corrected chi connectivity index (χ0v) is 26.6. The first-order chi connectivity index (χ1) is 23.8. The number of fused-ring (bicyclic) bond motifs is 2. The molecule has 1 fully saturated rings. The van der Waals surface area contributed by atoms with Crippen molar-refractivity contribution in [1.29, 1.82) is 5.26 Å². The van der Waals surface area contributed by atoms with Crippen molar-refractivity contribution in [2.75, 3.05) is 57.9 Å². The quantitative estimate of drug-likeness (QED) is 0.123. The number of ether oxygens (including phenoxy) is 2. The lowest BCUT2D eigenvalue weighted by Crippen LogP contribution is -2.37. The Bertz CT molecular complexity index is 1790. The second-order valence-corrected chi connectivity index (χ2v) is 11.2. The topological polar surface area (TPSA) is 202 Å². The molecular weight excluding hydrogens is 637 g/mol. The fourth-order valence-corrected chi connectivity index (χ4v) is 4.87. The largest absolute Gasteiger partial charge is 0.465 e. The fourth-order valence-electron chi connectivity index (χ4n) is 4.87. The van der Waals surface area contributed by atoms with Crippen LogP contribution < -0.4 is 11.1 Å². The van der Waals surface area contributed by atoms with Crippen LogP contribution in [0, 0.1) is 11.3 Å². The first kappa shape index (κ1) is 34.8. The number of imide groups is 1. The highest BCUT2D eigenvalue weighted by atomic mass is 19.1. The third kappa shape index (κ3) is 9.11. The highest BCUT2D eigenvalue weighted by molar-refractivity contribution is 6.21. The Hall–Kier alpha value is -5.50. The van der Waals surface area contributed by atoms with Gasteiger partial charge in [0.05, 0.1) is 55.9 Å². The van der Waals surface area contributed by atoms with Crippen LogP contribution in [0.15, 0.2) is 61.1 Å². The number of anilines is 1. The number of benzene rings is 1. The first-order valence-corrected chi connectivity index (χ1v) is 15.7. The number of nitrogens with one attached hydrogen (secondary N) is 1. The van der Waals surface area contributed by atoms with Crippen molar-refractivity contribution in [3.8, 4) is 11.9 Å². The number of carbonyl (C=O) groups excluding carboxylic acids is 2. The molecule has 0 spiro atoms. The molecular formula is C33H36FN9O6. The molecule has 1 unspecified atom stereocenters. The van der Waals surface area contributed by atoms with Crippen LogP contribution in [-0.4, -0.2) is 117 Å². The molecule has 15 nitrogen and oxygen atoms in total. The van der Waals surface area contributed by atoms with Crippen molar-refractivity contribution < 1.29 is 33.4 Å². The summed E-state index contributed by atoms with van der Waals surface area (Å²) in [5.41, 5.74) is 8.13. The molecule has 256 valence electrons. The number of hydrogen-bond donors (Lipinski definition) is 3. The number of nitrogens with two attached hydrogens (primary N) is 1. The van der Waals surface area contributed by atoms with Crippen LogP contribution in [0.25, 0.3) is 16.9 Å². The number of carbonyl (C=O) groups is 3. The molecule has 16 heteroatoms. The molecule has 6 rings (SSSR count). The van der Waals surface area contributed by atoms with E-state index in [4.69, 9.17) is 25.6 Å². The third-order valence-electron chi connectivity index (χ3n) is 7.62. The van der Waals surface area contributed by atoms with Gasteiger partial charge in [0, 0.05) is 55.2 Å². The third-order valence-corrected chi connectivity index (χ3v) is 7.62. The maximum Gasteiger partial charge on any atom is 0.407 e. The van der Waals surface area contributed by atoms with E-state index in [1.807, 2.05) is 12.1 Å². The average molecular weight is 674 g/mol. The summed E-state index contributed by atoms with van der Waals surface area (Å²) in [4.78, 5) is 46.4. The molecule has 1 aliphatic carbocycles.